The van der Waals surface area contributed by atoms with Gasteiger partial charge >= 0.3 is 0 Å². The molecule has 0 amide bonds. The van der Waals surface area contributed by atoms with E-state index in [2.05, 4.69) is 17.5 Å². The van der Waals surface area contributed by atoms with E-state index in [1.165, 1.54) is 25.7 Å². The van der Waals surface area contributed by atoms with Crippen LogP contribution in [0.25, 0.3) is 0 Å². The molecule has 2 fully saturated rings. The summed E-state index contributed by atoms with van der Waals surface area (Å²) in [5.74, 6) is 0. The molecule has 56 valence electrons. The third-order valence-corrected chi connectivity index (χ3v) is 2.54. The Morgan fingerprint density at radius 3 is 1.80 bits per heavy atom. The Hall–Kier alpha value is 0.240. The predicted octanol–water partition coefficient (Wildman–Crippen LogP) is 1.83. The molecule has 0 bridgehead atoms. The normalized spacial score (nSPS) is 24.5. The molecule has 0 atom stereocenters. The molecule has 10 heavy (non-hydrogen) atoms. The predicted molar refractivity (Wildman–Crippen MR) is 49.5 cm³/mol. The van der Waals surface area contributed by atoms with Gasteiger partial charge in [0.15, 0.2) is 0 Å². The number of thiocarbonyl (C=S) groups is 1. The molecule has 2 rings (SSSR count). The molecule has 0 heterocycles. The van der Waals surface area contributed by atoms with Crippen molar-refractivity contribution in [1.29, 1.82) is 0 Å². The molecule has 0 N–H and O–H groups in total. The van der Waals surface area contributed by atoms with E-state index in [1.807, 2.05) is 0 Å². The quantitative estimate of drug-likeness (QED) is 0.501. The van der Waals surface area contributed by atoms with Crippen molar-refractivity contribution in [2.24, 2.45) is 0 Å². The van der Waals surface area contributed by atoms with Gasteiger partial charge in [0.1, 0.15) is 4.32 Å². The Kier molecular flexibility index (Phi) is 1.65. The second-order valence-electron chi connectivity index (χ2n) is 3.15. The minimum atomic E-state index is 0.762. The fourth-order valence-electron chi connectivity index (χ4n) is 1.32. The Labute approximate surface area is 72.2 Å². The molecule has 2 saturated carbocycles. The molecule has 0 aromatic heterocycles. The smallest absolute Gasteiger partial charge is 0.133 e. The summed E-state index contributed by atoms with van der Waals surface area (Å²) >= 11 is 9.25. The van der Waals surface area contributed by atoms with Gasteiger partial charge < -0.3 is 4.90 Å². The van der Waals surface area contributed by atoms with Crippen LogP contribution in [0.5, 0.6) is 0 Å². The SMILES string of the molecule is S=C(S)N(C1CC1)C1CC1. The van der Waals surface area contributed by atoms with Gasteiger partial charge in [0.25, 0.3) is 0 Å². The highest BCUT2D eigenvalue weighted by Gasteiger charge is 2.39. The molecule has 0 saturated heterocycles. The highest BCUT2D eigenvalue weighted by molar-refractivity contribution is 8.10. The van der Waals surface area contributed by atoms with E-state index >= 15 is 0 Å². The van der Waals surface area contributed by atoms with E-state index in [0.717, 1.165) is 16.4 Å². The molecule has 2 aliphatic carbocycles. The number of hydrogen-bond donors (Lipinski definition) is 1. The van der Waals surface area contributed by atoms with Gasteiger partial charge in [0.05, 0.1) is 0 Å². The van der Waals surface area contributed by atoms with Gasteiger partial charge in [-0.2, -0.15) is 0 Å². The molecule has 0 unspecified atom stereocenters. The van der Waals surface area contributed by atoms with Crippen LogP contribution >= 0.6 is 24.8 Å². The standard InChI is InChI=1S/C7H11NS2/c9-7(10)8(5-1-2-5)6-3-4-6/h5-6H,1-4H2,(H,9,10). The van der Waals surface area contributed by atoms with Gasteiger partial charge in [0, 0.05) is 12.1 Å². The summed E-state index contributed by atoms with van der Waals surface area (Å²) in [6.07, 6.45) is 5.32. The first kappa shape index (κ1) is 6.92. The minimum absolute atomic E-state index is 0.762. The highest BCUT2D eigenvalue weighted by atomic mass is 32.1. The first-order valence-electron chi connectivity index (χ1n) is 3.80. The average Bonchev–Trinajstić information content (AvgIpc) is 2.49. The van der Waals surface area contributed by atoms with Crippen molar-refractivity contribution in [1.82, 2.24) is 4.90 Å². The van der Waals surface area contributed by atoms with E-state index < -0.39 is 0 Å². The molecule has 2 aliphatic rings. The largest absolute Gasteiger partial charge is 0.352 e. The molecule has 0 radical (unpaired) electrons. The zero-order valence-corrected chi connectivity index (χ0v) is 7.50. The van der Waals surface area contributed by atoms with Crippen LogP contribution < -0.4 is 0 Å². The van der Waals surface area contributed by atoms with Gasteiger partial charge in [-0.1, -0.05) is 12.2 Å². The Bertz CT molecular complexity index is 149. The maximum absolute atomic E-state index is 5.04. The number of thiol groups is 1. The summed E-state index contributed by atoms with van der Waals surface area (Å²) in [6.45, 7) is 0. The summed E-state index contributed by atoms with van der Waals surface area (Å²) in [5.41, 5.74) is 0. The third kappa shape index (κ3) is 1.30. The van der Waals surface area contributed by atoms with Crippen LogP contribution in [0.2, 0.25) is 0 Å². The lowest BCUT2D eigenvalue weighted by Gasteiger charge is -2.21. The molecular weight excluding hydrogens is 162 g/mol. The average molecular weight is 173 g/mol. The van der Waals surface area contributed by atoms with Crippen molar-refractivity contribution in [3.05, 3.63) is 0 Å². The van der Waals surface area contributed by atoms with Crippen LogP contribution in [0.15, 0.2) is 0 Å². The lowest BCUT2D eigenvalue weighted by Crippen LogP contribution is -2.30. The lowest BCUT2D eigenvalue weighted by molar-refractivity contribution is 0.414. The maximum Gasteiger partial charge on any atom is 0.133 e. The van der Waals surface area contributed by atoms with Crippen molar-refractivity contribution >= 4 is 29.2 Å². The van der Waals surface area contributed by atoms with E-state index in [1.54, 1.807) is 0 Å². The summed E-state index contributed by atoms with van der Waals surface area (Å²) in [5, 5.41) is 0. The van der Waals surface area contributed by atoms with Crippen LogP contribution in [0, 0.1) is 0 Å². The summed E-state index contributed by atoms with van der Waals surface area (Å²) in [7, 11) is 0. The molecule has 0 aromatic carbocycles. The molecule has 1 nitrogen and oxygen atoms in total. The zero-order valence-electron chi connectivity index (χ0n) is 5.79. The van der Waals surface area contributed by atoms with Crippen molar-refractivity contribution in [2.75, 3.05) is 0 Å². The summed E-state index contributed by atoms with van der Waals surface area (Å²) < 4.78 is 0.810. The Balaban J connectivity index is 1.98. The van der Waals surface area contributed by atoms with Crippen LogP contribution in [0.1, 0.15) is 25.7 Å². The zero-order chi connectivity index (χ0) is 7.14. The topological polar surface area (TPSA) is 3.24 Å². The van der Waals surface area contributed by atoms with Crippen molar-refractivity contribution < 1.29 is 0 Å². The van der Waals surface area contributed by atoms with Crippen molar-refractivity contribution in [3.8, 4) is 0 Å². The fourth-order valence-corrected chi connectivity index (χ4v) is 1.94. The van der Waals surface area contributed by atoms with Gasteiger partial charge in [-0.15, -0.1) is 12.6 Å². The summed E-state index contributed by atoms with van der Waals surface area (Å²) in [6, 6.07) is 1.52. The minimum Gasteiger partial charge on any atom is -0.352 e. The Morgan fingerprint density at radius 2 is 1.60 bits per heavy atom. The van der Waals surface area contributed by atoms with Gasteiger partial charge in [-0.25, -0.2) is 0 Å². The van der Waals surface area contributed by atoms with Crippen LogP contribution in [0.3, 0.4) is 0 Å². The van der Waals surface area contributed by atoms with Crippen molar-refractivity contribution in [3.63, 3.8) is 0 Å². The molecule has 0 spiro atoms. The van der Waals surface area contributed by atoms with E-state index in [4.69, 9.17) is 12.2 Å². The van der Waals surface area contributed by atoms with E-state index in [9.17, 15) is 0 Å². The van der Waals surface area contributed by atoms with Gasteiger partial charge in [-0.05, 0) is 25.7 Å². The molecule has 3 heteroatoms. The maximum atomic E-state index is 5.04. The van der Waals surface area contributed by atoms with Crippen LogP contribution in [-0.2, 0) is 0 Å². The highest BCUT2D eigenvalue weighted by Crippen LogP contribution is 2.37. The third-order valence-electron chi connectivity index (χ3n) is 2.10. The van der Waals surface area contributed by atoms with Crippen LogP contribution in [0.4, 0.5) is 0 Å². The number of nitrogens with zero attached hydrogens (tertiary/aromatic N) is 1. The van der Waals surface area contributed by atoms with Crippen molar-refractivity contribution in [2.45, 2.75) is 37.8 Å². The number of hydrogen-bond acceptors (Lipinski definition) is 1. The molecular formula is C7H11NS2. The van der Waals surface area contributed by atoms with Gasteiger partial charge in [-0.3, -0.25) is 0 Å². The Morgan fingerprint density at radius 1 is 1.20 bits per heavy atom. The first-order valence-corrected chi connectivity index (χ1v) is 4.66. The second kappa shape index (κ2) is 2.38. The van der Waals surface area contributed by atoms with E-state index in [-0.39, 0.29) is 0 Å². The first-order chi connectivity index (χ1) is 4.79. The molecule has 0 aromatic rings. The summed E-state index contributed by atoms with van der Waals surface area (Å²) in [4.78, 5) is 2.32. The van der Waals surface area contributed by atoms with E-state index in [0.29, 0.717) is 0 Å². The fraction of sp³-hybridized carbons (Fsp3) is 0.857. The number of rotatable bonds is 2. The van der Waals surface area contributed by atoms with Gasteiger partial charge in [0.2, 0.25) is 0 Å². The monoisotopic (exact) mass is 173 g/mol. The lowest BCUT2D eigenvalue weighted by atomic mass is 10.5. The van der Waals surface area contributed by atoms with Crippen LogP contribution in [-0.4, -0.2) is 21.3 Å². The second-order valence-corrected chi connectivity index (χ2v) is 4.27. The molecule has 0 aliphatic heterocycles.